The Morgan fingerprint density at radius 2 is 1.35 bits per heavy atom. The first-order valence-corrected chi connectivity index (χ1v) is 6.61. The highest BCUT2D eigenvalue weighted by molar-refractivity contribution is 5.94. The Morgan fingerprint density at radius 1 is 0.900 bits per heavy atom. The second kappa shape index (κ2) is 6.31. The molecule has 0 saturated heterocycles. The van der Waals surface area contributed by atoms with Crippen LogP contribution in [0.25, 0.3) is 16.7 Å². The van der Waals surface area contributed by atoms with Gasteiger partial charge in [-0.1, -0.05) is 54.6 Å². The van der Waals surface area contributed by atoms with E-state index in [4.69, 9.17) is 5.11 Å². The van der Waals surface area contributed by atoms with Crippen LogP contribution in [0.15, 0.2) is 54.6 Å². The van der Waals surface area contributed by atoms with Gasteiger partial charge in [0.2, 0.25) is 0 Å². The average molecular weight is 266 g/mol. The van der Waals surface area contributed by atoms with Gasteiger partial charge in [0, 0.05) is 5.56 Å². The van der Waals surface area contributed by atoms with Crippen LogP contribution < -0.4 is 0 Å². The molecule has 2 aromatic rings. The highest BCUT2D eigenvalue weighted by Gasteiger charge is 2.02. The molecule has 0 unspecified atom stereocenters. The number of carbonyl (C=O) groups is 1. The largest absolute Gasteiger partial charge is 0.392 e. The van der Waals surface area contributed by atoms with Crippen LogP contribution >= 0.6 is 0 Å². The van der Waals surface area contributed by atoms with E-state index >= 15 is 0 Å². The van der Waals surface area contributed by atoms with E-state index in [1.165, 1.54) is 0 Å². The number of aliphatic hydroxyl groups is 1. The molecule has 0 aliphatic carbocycles. The lowest BCUT2D eigenvalue weighted by Crippen LogP contribution is -1.90. The van der Waals surface area contributed by atoms with Gasteiger partial charge >= 0.3 is 0 Å². The van der Waals surface area contributed by atoms with Crippen molar-refractivity contribution >= 4 is 11.4 Å². The lowest BCUT2D eigenvalue weighted by Gasteiger charge is -2.06. The third-order valence-electron chi connectivity index (χ3n) is 3.36. The Hall–Kier alpha value is -2.19. The number of rotatable bonds is 4. The van der Waals surface area contributed by atoms with Gasteiger partial charge in [0.1, 0.15) is 0 Å². The summed E-state index contributed by atoms with van der Waals surface area (Å²) in [5.41, 5.74) is 5.09. The van der Waals surface area contributed by atoms with Gasteiger partial charge in [0.25, 0.3) is 0 Å². The van der Waals surface area contributed by atoms with E-state index in [2.05, 4.69) is 0 Å². The molecule has 2 rings (SSSR count). The van der Waals surface area contributed by atoms with Crippen LogP contribution in [-0.4, -0.2) is 17.5 Å². The number of aliphatic hydroxyl groups excluding tert-OH is 1. The first-order valence-electron chi connectivity index (χ1n) is 6.61. The van der Waals surface area contributed by atoms with Crippen LogP contribution in [0.4, 0.5) is 0 Å². The smallest absolute Gasteiger partial charge is 0.159 e. The van der Waals surface area contributed by atoms with Crippen molar-refractivity contribution in [3.05, 3.63) is 65.7 Å². The average Bonchev–Trinajstić information content (AvgIpc) is 2.48. The zero-order valence-corrected chi connectivity index (χ0v) is 11.8. The van der Waals surface area contributed by atoms with Crippen molar-refractivity contribution in [1.82, 2.24) is 0 Å². The Labute approximate surface area is 119 Å². The molecule has 0 heterocycles. The fourth-order valence-electron chi connectivity index (χ4n) is 2.08. The fourth-order valence-corrected chi connectivity index (χ4v) is 2.08. The molecule has 1 N–H and O–H groups in total. The maximum absolute atomic E-state index is 11.2. The van der Waals surface area contributed by atoms with E-state index < -0.39 is 0 Å². The van der Waals surface area contributed by atoms with Gasteiger partial charge in [-0.15, -0.1) is 0 Å². The Morgan fingerprint density at radius 3 is 1.75 bits per heavy atom. The van der Waals surface area contributed by atoms with E-state index in [1.807, 2.05) is 55.5 Å². The molecule has 0 spiro atoms. The molecule has 0 aliphatic rings. The minimum atomic E-state index is 0.0556. The van der Waals surface area contributed by atoms with Crippen LogP contribution in [0.5, 0.6) is 0 Å². The summed E-state index contributed by atoms with van der Waals surface area (Å²) in [6.45, 7) is 3.60. The van der Waals surface area contributed by atoms with Gasteiger partial charge in [0.05, 0.1) is 6.61 Å². The quantitative estimate of drug-likeness (QED) is 0.851. The Balaban J connectivity index is 2.26. The molecule has 0 bridgehead atoms. The predicted molar refractivity (Wildman–Crippen MR) is 82.6 cm³/mol. The monoisotopic (exact) mass is 266 g/mol. The zero-order chi connectivity index (χ0) is 14.5. The summed E-state index contributed by atoms with van der Waals surface area (Å²) in [5, 5.41) is 8.90. The molecule has 0 atom stereocenters. The molecule has 0 amide bonds. The molecule has 2 nitrogen and oxygen atoms in total. The first-order chi connectivity index (χ1) is 9.61. The van der Waals surface area contributed by atoms with Crippen LogP contribution in [0.2, 0.25) is 0 Å². The maximum Gasteiger partial charge on any atom is 0.159 e. The van der Waals surface area contributed by atoms with Crippen molar-refractivity contribution in [3.63, 3.8) is 0 Å². The third kappa shape index (κ3) is 3.22. The van der Waals surface area contributed by atoms with Crippen molar-refractivity contribution in [2.45, 2.75) is 13.8 Å². The van der Waals surface area contributed by atoms with Gasteiger partial charge in [0.15, 0.2) is 5.78 Å². The number of hydrogen-bond acceptors (Lipinski definition) is 2. The summed E-state index contributed by atoms with van der Waals surface area (Å²) < 4.78 is 0. The van der Waals surface area contributed by atoms with Gasteiger partial charge in [-0.05, 0) is 36.1 Å². The molecule has 0 aliphatic heterocycles. The Kier molecular flexibility index (Phi) is 4.49. The molecule has 0 aromatic heterocycles. The number of allylic oxidation sites excluding steroid dienone is 1. The van der Waals surface area contributed by atoms with E-state index in [0.717, 1.165) is 27.8 Å². The number of hydrogen-bond donors (Lipinski definition) is 1. The highest BCUT2D eigenvalue weighted by atomic mass is 16.2. The molecular formula is C18H18O2. The summed E-state index contributed by atoms with van der Waals surface area (Å²) in [6.07, 6.45) is 1.79. The fraction of sp³-hybridized carbons (Fsp3) is 0.167. The van der Waals surface area contributed by atoms with E-state index in [-0.39, 0.29) is 12.4 Å². The normalized spacial score (nSPS) is 11.4. The highest BCUT2D eigenvalue weighted by Crippen LogP contribution is 2.23. The maximum atomic E-state index is 11.2. The number of carbonyl (C=O) groups excluding carboxylic acids is 1. The van der Waals surface area contributed by atoms with Crippen LogP contribution in [0, 0.1) is 0 Å². The van der Waals surface area contributed by atoms with Gasteiger partial charge in [-0.2, -0.15) is 0 Å². The molecule has 0 radical (unpaired) electrons. The van der Waals surface area contributed by atoms with Crippen molar-refractivity contribution in [3.8, 4) is 11.1 Å². The summed E-state index contributed by atoms with van der Waals surface area (Å²) >= 11 is 0. The summed E-state index contributed by atoms with van der Waals surface area (Å²) in [7, 11) is 0. The Bertz CT molecular complexity index is 619. The van der Waals surface area contributed by atoms with Crippen molar-refractivity contribution < 1.29 is 9.90 Å². The molecule has 20 heavy (non-hydrogen) atoms. The van der Waals surface area contributed by atoms with Gasteiger partial charge < -0.3 is 5.11 Å². The number of ketones is 1. The summed E-state index contributed by atoms with van der Waals surface area (Å²) in [6, 6.07) is 15.8. The van der Waals surface area contributed by atoms with E-state index in [0.29, 0.717) is 0 Å². The van der Waals surface area contributed by atoms with Crippen LogP contribution in [0.3, 0.4) is 0 Å². The minimum absolute atomic E-state index is 0.0556. The molecule has 0 saturated carbocycles. The van der Waals surface area contributed by atoms with Gasteiger partial charge in [-0.25, -0.2) is 0 Å². The topological polar surface area (TPSA) is 37.3 Å². The van der Waals surface area contributed by atoms with Crippen molar-refractivity contribution in [2.75, 3.05) is 6.61 Å². The molecule has 2 heteroatoms. The SMILES string of the molecule is CC(=O)c1ccc(-c2ccc(/C(C)=C\CO)cc2)cc1. The third-order valence-corrected chi connectivity index (χ3v) is 3.36. The summed E-state index contributed by atoms with van der Waals surface area (Å²) in [4.78, 5) is 11.2. The predicted octanol–water partition coefficient (Wildman–Crippen LogP) is 3.95. The standard InChI is InChI=1S/C18H18O2/c1-13(11-12-19)15-3-7-17(8-4-15)18-9-5-16(6-10-18)14(2)20/h3-11,19H,12H2,1-2H3/b13-11-. The van der Waals surface area contributed by atoms with E-state index in [1.54, 1.807) is 13.0 Å². The molecule has 2 aromatic carbocycles. The minimum Gasteiger partial charge on any atom is -0.392 e. The lowest BCUT2D eigenvalue weighted by molar-refractivity contribution is 0.101. The zero-order valence-electron chi connectivity index (χ0n) is 11.8. The summed E-state index contributed by atoms with van der Waals surface area (Å²) in [5.74, 6) is 0.0802. The van der Waals surface area contributed by atoms with Gasteiger partial charge in [-0.3, -0.25) is 4.79 Å². The number of Topliss-reactive ketones (excluding diaryl/α,β-unsaturated/α-hetero) is 1. The number of benzene rings is 2. The first kappa shape index (κ1) is 14.2. The van der Waals surface area contributed by atoms with Crippen LogP contribution in [-0.2, 0) is 0 Å². The van der Waals surface area contributed by atoms with Crippen molar-refractivity contribution in [1.29, 1.82) is 0 Å². The molecule has 102 valence electrons. The molecule has 0 fully saturated rings. The van der Waals surface area contributed by atoms with E-state index in [9.17, 15) is 4.79 Å². The second-order valence-electron chi connectivity index (χ2n) is 4.78. The van der Waals surface area contributed by atoms with Crippen LogP contribution in [0.1, 0.15) is 29.8 Å². The lowest BCUT2D eigenvalue weighted by atomic mass is 9.99. The van der Waals surface area contributed by atoms with Crippen molar-refractivity contribution in [2.24, 2.45) is 0 Å². The second-order valence-corrected chi connectivity index (χ2v) is 4.78. The molecular weight excluding hydrogens is 248 g/mol.